The molecule has 0 atom stereocenters. The Balaban J connectivity index is 1.81. The van der Waals surface area contributed by atoms with Crippen LogP contribution in [0.4, 0.5) is 0 Å². The van der Waals surface area contributed by atoms with E-state index in [4.69, 9.17) is 0 Å². The fourth-order valence-electron chi connectivity index (χ4n) is 8.44. The van der Waals surface area contributed by atoms with Crippen LogP contribution in [0.1, 0.15) is 52.7 Å². The zero-order valence-corrected chi connectivity index (χ0v) is 32.1. The van der Waals surface area contributed by atoms with E-state index in [-0.39, 0.29) is 0 Å². The van der Waals surface area contributed by atoms with Gasteiger partial charge in [-0.1, -0.05) is 126 Å². The molecular weight excluding hydrogens is 613 g/mol. The predicted molar refractivity (Wildman–Crippen MR) is 218 cm³/mol. The molecule has 242 valence electrons. The Hall–Kier alpha value is -4.23. The SMILES string of the molecule is CC[Si](C#Cc1c2c3ccc4ccccc4c3n(C)c2c(C#C[Si](CC)(CC)CC)c2c3ccc4ccccc4c3n(C)c12)(CC)CC. The molecule has 48 heavy (non-hydrogen) atoms. The van der Waals surface area contributed by atoms with Gasteiger partial charge >= 0.3 is 0 Å². The summed E-state index contributed by atoms with van der Waals surface area (Å²) in [7, 11) is 1.03. The topological polar surface area (TPSA) is 9.86 Å². The van der Waals surface area contributed by atoms with Gasteiger partial charge in [-0.25, -0.2) is 0 Å². The van der Waals surface area contributed by atoms with Crippen LogP contribution in [-0.4, -0.2) is 25.3 Å². The predicted octanol–water partition coefficient (Wildman–Crippen LogP) is 12.1. The number of hydrogen-bond donors (Lipinski definition) is 0. The van der Waals surface area contributed by atoms with Crippen LogP contribution < -0.4 is 0 Å². The molecule has 0 unspecified atom stereocenters. The summed E-state index contributed by atoms with van der Waals surface area (Å²) in [4.78, 5) is 0. The maximum Gasteiger partial charge on any atom is 0.138 e. The van der Waals surface area contributed by atoms with Gasteiger partial charge in [0.2, 0.25) is 0 Å². The molecule has 0 aliphatic heterocycles. The molecule has 0 radical (unpaired) electrons. The van der Waals surface area contributed by atoms with E-state index in [2.05, 4.69) is 160 Å². The van der Waals surface area contributed by atoms with Crippen molar-refractivity contribution in [2.45, 2.75) is 77.8 Å². The number of fused-ring (bicyclic) bond motifs is 10. The molecule has 0 spiro atoms. The van der Waals surface area contributed by atoms with Crippen molar-refractivity contribution in [3.05, 3.63) is 83.9 Å². The number of nitrogens with zero attached hydrogens (tertiary/aromatic N) is 2. The van der Waals surface area contributed by atoms with E-state index in [9.17, 15) is 0 Å². The van der Waals surface area contributed by atoms with Crippen LogP contribution in [0, 0.1) is 22.9 Å². The fraction of sp³-hybridized carbons (Fsp3) is 0.318. The standard InChI is InChI=1S/C44H48N2Si2/c1-9-47(10-2,11-3)29-27-37-39-35-25-23-31-19-15-17-21-33(31)41(35)46(8)44(39)38(28-30-48(12-4,13-5)14-6)40-36-26-24-32-20-16-18-22-34(32)42(36)45(7)43(37)40/h15-26H,9-14H2,1-8H3. The van der Waals surface area contributed by atoms with Crippen LogP contribution in [0.15, 0.2) is 72.8 Å². The normalized spacial score (nSPS) is 12.3. The summed E-state index contributed by atoms with van der Waals surface area (Å²) in [5, 5.41) is 10.2. The van der Waals surface area contributed by atoms with E-state index in [0.29, 0.717) is 0 Å². The Labute approximate surface area is 288 Å². The Bertz CT molecular complexity index is 2320. The third-order valence-electron chi connectivity index (χ3n) is 12.1. The minimum Gasteiger partial charge on any atom is -0.342 e. The largest absolute Gasteiger partial charge is 0.342 e. The monoisotopic (exact) mass is 660 g/mol. The van der Waals surface area contributed by atoms with Gasteiger partial charge in [0.25, 0.3) is 0 Å². The summed E-state index contributed by atoms with van der Waals surface area (Å²) in [6.45, 7) is 14.1. The lowest BCUT2D eigenvalue weighted by Gasteiger charge is -2.20. The van der Waals surface area contributed by atoms with Crippen molar-refractivity contribution in [2.24, 2.45) is 14.1 Å². The molecule has 5 aromatic carbocycles. The number of aryl methyl sites for hydroxylation is 2. The first-order valence-electron chi connectivity index (χ1n) is 18.1. The molecule has 2 aromatic heterocycles. The number of benzene rings is 5. The second-order valence-corrected chi connectivity index (χ2v) is 23.7. The van der Waals surface area contributed by atoms with Crippen LogP contribution in [-0.2, 0) is 14.1 Å². The van der Waals surface area contributed by atoms with E-state index in [0.717, 1.165) is 0 Å². The summed E-state index contributed by atoms with van der Waals surface area (Å²) >= 11 is 0. The van der Waals surface area contributed by atoms with Crippen molar-refractivity contribution in [1.29, 1.82) is 0 Å². The van der Waals surface area contributed by atoms with Gasteiger partial charge in [-0.05, 0) is 47.0 Å². The molecule has 0 bridgehead atoms. The molecule has 4 heteroatoms. The molecule has 0 amide bonds. The average molecular weight is 661 g/mol. The molecule has 2 nitrogen and oxygen atoms in total. The first-order chi connectivity index (χ1) is 23.3. The number of aromatic nitrogens is 2. The van der Waals surface area contributed by atoms with Crippen molar-refractivity contribution < 1.29 is 0 Å². The first-order valence-corrected chi connectivity index (χ1v) is 23.4. The van der Waals surface area contributed by atoms with Gasteiger partial charge in [-0.2, -0.15) is 0 Å². The van der Waals surface area contributed by atoms with Gasteiger partial charge in [0.15, 0.2) is 0 Å². The minimum atomic E-state index is -1.75. The third kappa shape index (κ3) is 4.68. The van der Waals surface area contributed by atoms with Gasteiger partial charge in [0.1, 0.15) is 16.1 Å². The molecule has 2 heterocycles. The highest BCUT2D eigenvalue weighted by atomic mass is 28.3. The zero-order valence-electron chi connectivity index (χ0n) is 30.1. The number of rotatable bonds is 6. The summed E-state index contributed by atoms with van der Waals surface area (Å²) in [5.41, 5.74) is 15.4. The third-order valence-corrected chi connectivity index (χ3v) is 21.5. The van der Waals surface area contributed by atoms with Crippen LogP contribution in [0.5, 0.6) is 0 Å². The van der Waals surface area contributed by atoms with Crippen LogP contribution in [0.2, 0.25) is 36.3 Å². The van der Waals surface area contributed by atoms with Crippen molar-refractivity contribution in [2.75, 3.05) is 0 Å². The van der Waals surface area contributed by atoms with Gasteiger partial charge in [-0.15, -0.1) is 11.1 Å². The highest BCUT2D eigenvalue weighted by Crippen LogP contribution is 2.45. The smallest absolute Gasteiger partial charge is 0.138 e. The number of hydrogen-bond acceptors (Lipinski definition) is 0. The zero-order chi connectivity index (χ0) is 33.8. The van der Waals surface area contributed by atoms with Crippen molar-refractivity contribution in [3.8, 4) is 22.9 Å². The Morgan fingerprint density at radius 2 is 0.792 bits per heavy atom. The van der Waals surface area contributed by atoms with Gasteiger partial charge in [0, 0.05) is 46.4 Å². The molecule has 0 N–H and O–H groups in total. The summed E-state index contributed by atoms with van der Waals surface area (Å²) < 4.78 is 4.91. The molecule has 0 saturated carbocycles. The maximum atomic E-state index is 4.04. The second kappa shape index (κ2) is 12.3. The van der Waals surface area contributed by atoms with Crippen LogP contribution in [0.25, 0.3) is 65.2 Å². The van der Waals surface area contributed by atoms with E-state index in [1.165, 1.54) is 113 Å². The quantitative estimate of drug-likeness (QED) is 0.124. The minimum absolute atomic E-state index is 1.17. The second-order valence-electron chi connectivity index (χ2n) is 13.9. The Morgan fingerprint density at radius 3 is 1.15 bits per heavy atom. The molecule has 0 saturated heterocycles. The molecular formula is C44H48N2Si2. The van der Waals surface area contributed by atoms with Crippen molar-refractivity contribution in [3.63, 3.8) is 0 Å². The molecule has 0 aliphatic carbocycles. The van der Waals surface area contributed by atoms with Crippen molar-refractivity contribution >= 4 is 81.3 Å². The summed E-state index contributed by atoms with van der Waals surface area (Å²) in [6, 6.07) is 34.0. The van der Waals surface area contributed by atoms with Crippen molar-refractivity contribution in [1.82, 2.24) is 9.13 Å². The van der Waals surface area contributed by atoms with E-state index in [1.54, 1.807) is 0 Å². The van der Waals surface area contributed by atoms with E-state index in [1.807, 2.05) is 0 Å². The highest BCUT2D eigenvalue weighted by molar-refractivity contribution is 6.87. The molecule has 7 rings (SSSR count). The Kier molecular flexibility index (Phi) is 8.31. The van der Waals surface area contributed by atoms with Gasteiger partial charge in [-0.3, -0.25) is 0 Å². The molecule has 7 aromatic rings. The maximum absolute atomic E-state index is 4.04. The van der Waals surface area contributed by atoms with Crippen LogP contribution in [0.3, 0.4) is 0 Å². The molecule has 0 fully saturated rings. The summed E-state index contributed by atoms with van der Waals surface area (Å²) in [5.74, 6) is 8.00. The van der Waals surface area contributed by atoms with Gasteiger partial charge in [0.05, 0.1) is 33.2 Å². The summed E-state index contributed by atoms with van der Waals surface area (Å²) in [6.07, 6.45) is 0. The van der Waals surface area contributed by atoms with E-state index >= 15 is 0 Å². The average Bonchev–Trinajstić information content (AvgIpc) is 3.61. The Morgan fingerprint density at radius 1 is 0.438 bits per heavy atom. The fourth-order valence-corrected chi connectivity index (χ4v) is 13.3. The first kappa shape index (κ1) is 32.3. The molecule has 0 aliphatic rings. The van der Waals surface area contributed by atoms with E-state index < -0.39 is 16.1 Å². The highest BCUT2D eigenvalue weighted by Gasteiger charge is 2.29. The van der Waals surface area contributed by atoms with Gasteiger partial charge < -0.3 is 9.13 Å². The lowest BCUT2D eigenvalue weighted by Crippen LogP contribution is -2.29. The lowest BCUT2D eigenvalue weighted by molar-refractivity contribution is 1.01. The van der Waals surface area contributed by atoms with Crippen LogP contribution >= 0.6 is 0 Å². The lowest BCUT2D eigenvalue weighted by atomic mass is 9.96.